The quantitative estimate of drug-likeness (QED) is 0.409. The fourth-order valence-corrected chi connectivity index (χ4v) is 4.93. The zero-order chi connectivity index (χ0) is 26.3. The van der Waals surface area contributed by atoms with Crippen LogP contribution < -0.4 is 16.5 Å². The van der Waals surface area contributed by atoms with Gasteiger partial charge in [-0.1, -0.05) is 0 Å². The fraction of sp³-hybridized carbons (Fsp3) is 0.682. The van der Waals surface area contributed by atoms with Crippen LogP contribution in [0.4, 0.5) is 19.8 Å². The van der Waals surface area contributed by atoms with Crippen LogP contribution in [0.3, 0.4) is 0 Å². The monoisotopic (exact) mass is 514 g/mol. The maximum absolute atomic E-state index is 14.2. The van der Waals surface area contributed by atoms with Crippen LogP contribution in [-0.4, -0.2) is 56.4 Å². The van der Waals surface area contributed by atoms with E-state index in [4.69, 9.17) is 26.8 Å². The van der Waals surface area contributed by atoms with Crippen LogP contribution in [0.1, 0.15) is 54.4 Å². The Balaban J connectivity index is 1.86. The molecule has 0 aromatic carbocycles. The van der Waals surface area contributed by atoms with E-state index >= 15 is 0 Å². The highest BCUT2D eigenvalue weighted by atomic mass is 35.5. The van der Waals surface area contributed by atoms with Gasteiger partial charge in [-0.25, -0.2) is 29.4 Å². The van der Waals surface area contributed by atoms with Crippen molar-refractivity contribution in [2.75, 3.05) is 5.32 Å². The Kier molecular flexibility index (Phi) is 7.35. The van der Waals surface area contributed by atoms with Gasteiger partial charge in [-0.15, -0.1) is 0 Å². The molecule has 0 aliphatic heterocycles. The number of carbonyl (C=O) groups excluding carboxylic acids is 3. The van der Waals surface area contributed by atoms with Crippen LogP contribution in [0.15, 0.2) is 6.20 Å². The second-order valence-corrected chi connectivity index (χ2v) is 11.2. The molecule has 2 saturated carbocycles. The predicted octanol–water partition coefficient (Wildman–Crippen LogP) is 3.24. The Bertz CT molecular complexity index is 998. The van der Waals surface area contributed by atoms with Crippen molar-refractivity contribution in [1.29, 1.82) is 0 Å². The number of nitrogens with two attached hydrogens (primary N) is 1. The van der Waals surface area contributed by atoms with E-state index in [1.54, 1.807) is 41.5 Å². The minimum Gasteiger partial charge on any atom is -0.443 e. The maximum Gasteiger partial charge on any atom is 0.429 e. The van der Waals surface area contributed by atoms with Gasteiger partial charge in [0.1, 0.15) is 11.2 Å². The highest BCUT2D eigenvalue weighted by Gasteiger charge is 2.58. The van der Waals surface area contributed by atoms with Crippen LogP contribution in [0.25, 0.3) is 0 Å². The first-order valence-corrected chi connectivity index (χ1v) is 11.7. The van der Waals surface area contributed by atoms with Crippen molar-refractivity contribution in [2.24, 2.45) is 23.5 Å². The average Bonchev–Trinajstić information content (AvgIpc) is 3.24. The molecule has 2 bridgehead atoms. The van der Waals surface area contributed by atoms with Crippen molar-refractivity contribution in [1.82, 2.24) is 20.4 Å². The molecule has 2 aliphatic rings. The van der Waals surface area contributed by atoms with Gasteiger partial charge in [0, 0.05) is 6.04 Å². The predicted molar refractivity (Wildman–Crippen MR) is 125 cm³/mol. The highest BCUT2D eigenvalue weighted by molar-refractivity contribution is 6.28. The van der Waals surface area contributed by atoms with E-state index in [-0.39, 0.29) is 17.0 Å². The molecule has 3 rings (SSSR count). The van der Waals surface area contributed by atoms with Crippen molar-refractivity contribution in [3.05, 3.63) is 17.3 Å². The lowest BCUT2D eigenvalue weighted by Crippen LogP contribution is -2.59. The molecule has 2 aliphatic carbocycles. The molecule has 0 saturated heterocycles. The zero-order valence-electron chi connectivity index (χ0n) is 20.6. The molecule has 5 unspecified atom stereocenters. The van der Waals surface area contributed by atoms with Crippen LogP contribution in [-0.2, 0) is 14.3 Å². The van der Waals surface area contributed by atoms with E-state index in [1.807, 2.05) is 0 Å². The van der Waals surface area contributed by atoms with Gasteiger partial charge in [0.25, 0.3) is 0 Å². The number of carbonyl (C=O) groups is 3. The van der Waals surface area contributed by atoms with E-state index < -0.39 is 59.0 Å². The van der Waals surface area contributed by atoms with Crippen molar-refractivity contribution in [2.45, 2.75) is 77.7 Å². The lowest BCUT2D eigenvalue weighted by molar-refractivity contribution is -0.124. The number of primary amides is 1. The summed E-state index contributed by atoms with van der Waals surface area (Å²) in [4.78, 5) is 45.6. The summed E-state index contributed by atoms with van der Waals surface area (Å²) in [5.74, 6) is -2.88. The molecule has 5 atom stereocenters. The van der Waals surface area contributed by atoms with Crippen LogP contribution in [0.2, 0.25) is 5.28 Å². The number of nitrogens with one attached hydrogen (secondary N) is 2. The summed E-state index contributed by atoms with van der Waals surface area (Å²) in [5.41, 5.74) is 6.60. The molecule has 1 aromatic rings. The molecule has 1 heterocycles. The third-order valence-corrected chi connectivity index (χ3v) is 6.03. The summed E-state index contributed by atoms with van der Waals surface area (Å²) in [6.45, 7) is 10.2. The van der Waals surface area contributed by atoms with Gasteiger partial charge in [0.05, 0.1) is 18.2 Å². The van der Waals surface area contributed by atoms with E-state index in [0.29, 0.717) is 12.8 Å². The molecular weight excluding hydrogens is 483 g/mol. The first-order chi connectivity index (χ1) is 16.1. The number of fused-ring (bicyclic) bond motifs is 2. The van der Waals surface area contributed by atoms with Crippen LogP contribution in [0, 0.1) is 23.6 Å². The second-order valence-electron chi connectivity index (χ2n) is 10.9. The third-order valence-electron chi connectivity index (χ3n) is 5.85. The van der Waals surface area contributed by atoms with Crippen molar-refractivity contribution in [3.8, 4) is 0 Å². The summed E-state index contributed by atoms with van der Waals surface area (Å²) < 4.78 is 25.1. The number of rotatable bonds is 4. The second kappa shape index (κ2) is 9.63. The summed E-state index contributed by atoms with van der Waals surface area (Å²) >= 11 is 5.80. The van der Waals surface area contributed by atoms with Gasteiger partial charge in [0.2, 0.25) is 11.2 Å². The minimum absolute atomic E-state index is 0.138. The lowest BCUT2D eigenvalue weighted by atomic mass is 9.80. The Morgan fingerprint density at radius 3 is 2.34 bits per heavy atom. The summed E-state index contributed by atoms with van der Waals surface area (Å²) in [5, 5.41) is 3.89. The Morgan fingerprint density at radius 1 is 1.14 bits per heavy atom. The minimum atomic E-state index is -0.839. The largest absolute Gasteiger partial charge is 0.443 e. The van der Waals surface area contributed by atoms with Gasteiger partial charge in [-0.05, 0) is 77.8 Å². The van der Waals surface area contributed by atoms with Gasteiger partial charge in [-0.3, -0.25) is 4.79 Å². The SMILES string of the molecule is CC(C)(C)OC(=O)NN(C(=O)OC(C)(C)C)C1CC2CC1C(C(N)=O)C2Nc1nc(Cl)ncc1F. The number of aromatic nitrogens is 2. The van der Waals surface area contributed by atoms with Crippen LogP contribution in [0.5, 0.6) is 0 Å². The zero-order valence-corrected chi connectivity index (χ0v) is 21.4. The van der Waals surface area contributed by atoms with E-state index in [9.17, 15) is 18.8 Å². The smallest absolute Gasteiger partial charge is 0.429 e. The normalized spacial score (nSPS) is 25.7. The van der Waals surface area contributed by atoms with E-state index in [2.05, 4.69) is 20.7 Å². The van der Waals surface area contributed by atoms with E-state index in [0.717, 1.165) is 11.2 Å². The Hall–Kier alpha value is -2.89. The first kappa shape index (κ1) is 26.7. The van der Waals surface area contributed by atoms with E-state index in [1.165, 1.54) is 0 Å². The standard InChI is InChI=1S/C22H32ClFN6O5/c1-21(2,3)34-19(32)29-30(20(33)35-22(4,5)6)13-8-10-7-11(13)14(16(25)31)15(10)27-17-12(24)9-26-18(23)28-17/h9-11,13-15H,7-8H2,1-6H3,(H2,25,31)(H,29,32)(H,26,27,28). The molecule has 3 amide bonds. The van der Waals surface area contributed by atoms with Crippen molar-refractivity contribution >= 4 is 35.5 Å². The number of hydrogen-bond donors (Lipinski definition) is 3. The van der Waals surface area contributed by atoms with Gasteiger partial charge in [0.15, 0.2) is 11.6 Å². The van der Waals surface area contributed by atoms with Crippen molar-refractivity contribution in [3.63, 3.8) is 0 Å². The third kappa shape index (κ3) is 6.41. The molecule has 13 heteroatoms. The molecular formula is C22H32ClFN6O5. The molecule has 35 heavy (non-hydrogen) atoms. The number of ether oxygens (including phenoxy) is 2. The topological polar surface area (TPSA) is 149 Å². The number of hydrazine groups is 1. The van der Waals surface area contributed by atoms with Gasteiger partial charge < -0.3 is 20.5 Å². The summed E-state index contributed by atoms with van der Waals surface area (Å²) in [6.07, 6.45) is 0.200. The average molecular weight is 515 g/mol. The summed E-state index contributed by atoms with van der Waals surface area (Å²) in [7, 11) is 0. The number of anilines is 1. The molecule has 11 nitrogen and oxygen atoms in total. The highest BCUT2D eigenvalue weighted by Crippen LogP contribution is 2.51. The van der Waals surface area contributed by atoms with Crippen LogP contribution >= 0.6 is 11.6 Å². The number of amides is 3. The molecule has 2 fully saturated rings. The maximum atomic E-state index is 14.2. The molecule has 4 N–H and O–H groups in total. The lowest BCUT2D eigenvalue weighted by Gasteiger charge is -2.40. The van der Waals surface area contributed by atoms with Crippen molar-refractivity contribution < 1.29 is 28.2 Å². The Labute approximate surface area is 208 Å². The molecule has 194 valence electrons. The molecule has 0 radical (unpaired) electrons. The number of hydrogen-bond acceptors (Lipinski definition) is 8. The fourth-order valence-electron chi connectivity index (χ4n) is 4.80. The first-order valence-electron chi connectivity index (χ1n) is 11.3. The summed E-state index contributed by atoms with van der Waals surface area (Å²) in [6, 6.07) is -1.15. The molecule has 1 aromatic heterocycles. The Morgan fingerprint density at radius 2 is 1.77 bits per heavy atom. The number of nitrogens with zero attached hydrogens (tertiary/aromatic N) is 3. The van der Waals surface area contributed by atoms with Gasteiger partial charge >= 0.3 is 12.2 Å². The molecule has 0 spiro atoms. The number of halogens is 2. The van der Waals surface area contributed by atoms with Gasteiger partial charge in [-0.2, -0.15) is 4.98 Å².